The Morgan fingerprint density at radius 3 is 2.69 bits per heavy atom. The van der Waals surface area contributed by atoms with Crippen LogP contribution in [0.15, 0.2) is 36.7 Å². The highest BCUT2D eigenvalue weighted by molar-refractivity contribution is 6.00. The minimum absolute atomic E-state index is 0.0278. The summed E-state index contributed by atoms with van der Waals surface area (Å²) in [7, 11) is 1.79. The predicted octanol–water partition coefficient (Wildman–Crippen LogP) is 3.28. The number of rotatable bonds is 4. The maximum Gasteiger partial charge on any atom is 0.415 e. The van der Waals surface area contributed by atoms with Gasteiger partial charge in [0.2, 0.25) is 0 Å². The summed E-state index contributed by atoms with van der Waals surface area (Å²) in [5.41, 5.74) is 7.90. The predicted molar refractivity (Wildman–Crippen MR) is 113 cm³/mol. The summed E-state index contributed by atoms with van der Waals surface area (Å²) in [5, 5.41) is 4.97. The van der Waals surface area contributed by atoms with Gasteiger partial charge in [-0.2, -0.15) is 18.3 Å². The molecule has 0 unspecified atom stereocenters. The van der Waals surface area contributed by atoms with E-state index < -0.39 is 23.7 Å². The zero-order valence-electron chi connectivity index (χ0n) is 18.0. The molecule has 3 heterocycles. The van der Waals surface area contributed by atoms with Gasteiger partial charge in [0.25, 0.3) is 5.91 Å². The Kier molecular flexibility index (Phi) is 5.46. The molecule has 32 heavy (non-hydrogen) atoms. The standard InChI is InChI=1S/C22H24F3N5O2/c1-21(2)12-32-19(22(23,24)25)11-30(21)9-13-4-5-15-16(14-8-27-29(3)10-14)7-18(20(26)31)28-17(15)6-13/h4-8,10,19H,9,11-12H2,1-3H3,(H2,26,31)/t19-/m1/s1. The summed E-state index contributed by atoms with van der Waals surface area (Å²) in [4.78, 5) is 18.0. The van der Waals surface area contributed by atoms with Crippen LogP contribution in [0.4, 0.5) is 13.2 Å². The Balaban J connectivity index is 1.72. The van der Waals surface area contributed by atoms with Crippen molar-refractivity contribution in [1.29, 1.82) is 0 Å². The van der Waals surface area contributed by atoms with E-state index in [1.807, 2.05) is 32.2 Å². The molecule has 7 nitrogen and oxygen atoms in total. The smallest absolute Gasteiger partial charge is 0.366 e. The van der Waals surface area contributed by atoms with Crippen molar-refractivity contribution >= 4 is 16.8 Å². The third-order valence-electron chi connectivity index (χ3n) is 5.76. The SMILES string of the molecule is Cn1cc(-c2cc(C(N)=O)nc3cc(CN4C[C@H](C(F)(F)F)OCC4(C)C)ccc23)cn1. The van der Waals surface area contributed by atoms with Gasteiger partial charge < -0.3 is 10.5 Å². The number of carbonyl (C=O) groups excluding carboxylic acids is 1. The maximum atomic E-state index is 13.2. The molecule has 0 bridgehead atoms. The summed E-state index contributed by atoms with van der Waals surface area (Å²) >= 11 is 0. The number of pyridine rings is 1. The number of benzene rings is 1. The average Bonchev–Trinajstić information content (AvgIpc) is 3.13. The van der Waals surface area contributed by atoms with Crippen LogP contribution in [-0.2, 0) is 18.3 Å². The molecule has 1 atom stereocenters. The van der Waals surface area contributed by atoms with Gasteiger partial charge in [-0.1, -0.05) is 12.1 Å². The molecule has 1 aromatic carbocycles. The number of alkyl halides is 3. The van der Waals surface area contributed by atoms with Crippen LogP contribution < -0.4 is 5.73 Å². The third-order valence-corrected chi connectivity index (χ3v) is 5.76. The number of morpholine rings is 1. The number of nitrogens with two attached hydrogens (primary N) is 1. The summed E-state index contributed by atoms with van der Waals surface area (Å²) < 4.78 is 46.4. The highest BCUT2D eigenvalue weighted by Crippen LogP contribution is 2.33. The normalized spacial score (nSPS) is 19.4. The van der Waals surface area contributed by atoms with Crippen molar-refractivity contribution in [1.82, 2.24) is 19.7 Å². The van der Waals surface area contributed by atoms with Crippen LogP contribution in [0.1, 0.15) is 29.9 Å². The van der Waals surface area contributed by atoms with E-state index in [0.717, 1.165) is 22.1 Å². The van der Waals surface area contributed by atoms with Crippen LogP contribution >= 0.6 is 0 Å². The number of ether oxygens (including phenoxy) is 1. The summed E-state index contributed by atoms with van der Waals surface area (Å²) in [6.45, 7) is 3.70. The van der Waals surface area contributed by atoms with E-state index >= 15 is 0 Å². The second-order valence-electron chi connectivity index (χ2n) is 8.71. The molecule has 1 saturated heterocycles. The first kappa shape index (κ1) is 22.2. The van der Waals surface area contributed by atoms with E-state index in [4.69, 9.17) is 10.5 Å². The zero-order chi connectivity index (χ0) is 23.3. The fourth-order valence-corrected chi connectivity index (χ4v) is 3.89. The van der Waals surface area contributed by atoms with E-state index in [1.54, 1.807) is 35.0 Å². The number of aromatic nitrogens is 3. The van der Waals surface area contributed by atoms with Gasteiger partial charge >= 0.3 is 6.18 Å². The van der Waals surface area contributed by atoms with Crippen molar-refractivity contribution in [2.75, 3.05) is 13.2 Å². The molecule has 2 aromatic heterocycles. The van der Waals surface area contributed by atoms with Crippen LogP contribution in [0, 0.1) is 0 Å². The highest BCUT2D eigenvalue weighted by atomic mass is 19.4. The number of primary amides is 1. The first-order valence-corrected chi connectivity index (χ1v) is 10.1. The first-order valence-electron chi connectivity index (χ1n) is 10.1. The van der Waals surface area contributed by atoms with Crippen LogP contribution in [0.2, 0.25) is 0 Å². The molecule has 0 radical (unpaired) electrons. The Labute approximate surface area is 183 Å². The molecular formula is C22H24F3N5O2. The lowest BCUT2D eigenvalue weighted by atomic mass is 9.98. The van der Waals surface area contributed by atoms with Crippen LogP contribution in [0.25, 0.3) is 22.0 Å². The number of hydrogen-bond acceptors (Lipinski definition) is 5. The molecule has 170 valence electrons. The van der Waals surface area contributed by atoms with Crippen LogP contribution in [-0.4, -0.2) is 56.5 Å². The number of carbonyl (C=O) groups is 1. The average molecular weight is 447 g/mol. The minimum atomic E-state index is -4.42. The number of amides is 1. The fraction of sp³-hybridized carbons (Fsp3) is 0.409. The van der Waals surface area contributed by atoms with Crippen molar-refractivity contribution in [3.63, 3.8) is 0 Å². The lowest BCUT2D eigenvalue weighted by molar-refractivity contribution is -0.254. The monoisotopic (exact) mass is 447 g/mol. The van der Waals surface area contributed by atoms with E-state index in [-0.39, 0.29) is 25.4 Å². The van der Waals surface area contributed by atoms with Gasteiger partial charge in [0.15, 0.2) is 6.10 Å². The second kappa shape index (κ2) is 7.86. The molecule has 0 aliphatic carbocycles. The molecule has 3 aromatic rings. The molecule has 2 N–H and O–H groups in total. The van der Waals surface area contributed by atoms with Crippen molar-refractivity contribution in [3.05, 3.63) is 47.9 Å². The number of hydrogen-bond donors (Lipinski definition) is 1. The maximum absolute atomic E-state index is 13.2. The minimum Gasteiger partial charge on any atom is -0.366 e. The van der Waals surface area contributed by atoms with E-state index in [2.05, 4.69) is 10.1 Å². The summed E-state index contributed by atoms with van der Waals surface area (Å²) in [5.74, 6) is -0.662. The quantitative estimate of drug-likeness (QED) is 0.664. The highest BCUT2D eigenvalue weighted by Gasteiger charge is 2.47. The van der Waals surface area contributed by atoms with Crippen molar-refractivity contribution in [3.8, 4) is 11.1 Å². The molecule has 1 aliphatic rings. The number of halogens is 3. The van der Waals surface area contributed by atoms with Gasteiger partial charge in [0.05, 0.1) is 18.3 Å². The molecule has 4 rings (SSSR count). The fourth-order valence-electron chi connectivity index (χ4n) is 3.89. The van der Waals surface area contributed by atoms with Gasteiger partial charge in [-0.3, -0.25) is 14.4 Å². The molecule has 10 heteroatoms. The van der Waals surface area contributed by atoms with Crippen molar-refractivity contribution < 1.29 is 22.7 Å². The van der Waals surface area contributed by atoms with E-state index in [1.165, 1.54) is 0 Å². The van der Waals surface area contributed by atoms with Gasteiger partial charge in [0.1, 0.15) is 5.69 Å². The second-order valence-corrected chi connectivity index (χ2v) is 8.71. The first-order chi connectivity index (χ1) is 14.9. The summed E-state index contributed by atoms with van der Waals surface area (Å²) in [6, 6.07) is 7.14. The third kappa shape index (κ3) is 4.33. The Morgan fingerprint density at radius 2 is 2.06 bits per heavy atom. The summed E-state index contributed by atoms with van der Waals surface area (Å²) in [6.07, 6.45) is -2.75. The molecular weight excluding hydrogens is 423 g/mol. The number of nitrogens with zero attached hydrogens (tertiary/aromatic N) is 4. The van der Waals surface area contributed by atoms with Crippen molar-refractivity contribution in [2.45, 2.75) is 38.2 Å². The Bertz CT molecular complexity index is 1170. The van der Waals surface area contributed by atoms with Crippen LogP contribution in [0.3, 0.4) is 0 Å². The Hall–Kier alpha value is -2.98. The zero-order valence-corrected chi connectivity index (χ0v) is 18.0. The van der Waals surface area contributed by atoms with Gasteiger partial charge in [-0.15, -0.1) is 0 Å². The molecule has 1 fully saturated rings. The van der Waals surface area contributed by atoms with Gasteiger partial charge in [0, 0.05) is 42.8 Å². The lowest BCUT2D eigenvalue weighted by Gasteiger charge is -2.45. The van der Waals surface area contributed by atoms with Crippen molar-refractivity contribution in [2.24, 2.45) is 12.8 Å². The molecule has 1 aliphatic heterocycles. The van der Waals surface area contributed by atoms with Gasteiger partial charge in [-0.25, -0.2) is 4.98 Å². The molecule has 1 amide bonds. The molecule has 0 spiro atoms. The Morgan fingerprint density at radius 1 is 1.31 bits per heavy atom. The number of fused-ring (bicyclic) bond motifs is 1. The topological polar surface area (TPSA) is 86.3 Å². The molecule has 0 saturated carbocycles. The van der Waals surface area contributed by atoms with Crippen LogP contribution in [0.5, 0.6) is 0 Å². The number of aryl methyl sites for hydroxylation is 1. The van der Waals surface area contributed by atoms with Gasteiger partial charge in [-0.05, 0) is 37.1 Å². The van der Waals surface area contributed by atoms with E-state index in [0.29, 0.717) is 5.52 Å². The largest absolute Gasteiger partial charge is 0.415 e. The lowest BCUT2D eigenvalue weighted by Crippen LogP contribution is -2.58. The van der Waals surface area contributed by atoms with E-state index in [9.17, 15) is 18.0 Å².